The van der Waals surface area contributed by atoms with E-state index in [1.165, 1.54) is 10.4 Å². The van der Waals surface area contributed by atoms with Crippen molar-refractivity contribution in [3.05, 3.63) is 41.8 Å². The number of benzene rings is 1. The van der Waals surface area contributed by atoms with Gasteiger partial charge in [0.1, 0.15) is 5.60 Å². The maximum Gasteiger partial charge on any atom is 0.415 e. The van der Waals surface area contributed by atoms with Gasteiger partial charge in [0, 0.05) is 22.7 Å². The Labute approximate surface area is 145 Å². The smallest absolute Gasteiger partial charge is 0.415 e. The molecular formula is C19H20N2O2S. The molecule has 4 aliphatic rings. The number of carbonyl (C=O) groups is 1. The zero-order valence-corrected chi connectivity index (χ0v) is 14.3. The average molecular weight is 340 g/mol. The van der Waals surface area contributed by atoms with Crippen molar-refractivity contribution in [2.24, 2.45) is 5.92 Å². The van der Waals surface area contributed by atoms with Gasteiger partial charge in [-0.1, -0.05) is 30.3 Å². The minimum Gasteiger partial charge on any atom is -0.439 e. The second-order valence-electron chi connectivity index (χ2n) is 7.10. The van der Waals surface area contributed by atoms with E-state index in [0.29, 0.717) is 12.5 Å². The van der Waals surface area contributed by atoms with Crippen LogP contribution in [-0.2, 0) is 4.74 Å². The van der Waals surface area contributed by atoms with Crippen LogP contribution in [0.3, 0.4) is 0 Å². The third-order valence-corrected chi connectivity index (χ3v) is 6.68. The first-order valence-electron chi connectivity index (χ1n) is 8.60. The number of piperidine rings is 3. The van der Waals surface area contributed by atoms with Crippen molar-refractivity contribution < 1.29 is 9.53 Å². The van der Waals surface area contributed by atoms with Crippen LogP contribution >= 0.6 is 11.3 Å². The number of ether oxygens (including phenoxy) is 1. The lowest BCUT2D eigenvalue weighted by Crippen LogP contribution is -2.61. The van der Waals surface area contributed by atoms with E-state index < -0.39 is 0 Å². The number of carbonyl (C=O) groups excluding carboxylic acids is 1. The summed E-state index contributed by atoms with van der Waals surface area (Å²) in [6.45, 7) is 3.90. The predicted molar refractivity (Wildman–Crippen MR) is 95.5 cm³/mol. The Morgan fingerprint density at radius 2 is 1.92 bits per heavy atom. The standard InChI is InChI=1S/C19H20N2O2S/c22-18-21(13-19(23-18)12-20-8-6-15(19)7-9-20)16-10-17(24-11-16)14-4-2-1-3-5-14/h1-5,10-11,15H,6-9,12-13H2/t19-/m1/s1. The summed E-state index contributed by atoms with van der Waals surface area (Å²) in [5, 5.41) is 2.07. The van der Waals surface area contributed by atoms with Crippen molar-refractivity contribution in [1.82, 2.24) is 4.90 Å². The minimum absolute atomic E-state index is 0.179. The molecule has 4 nitrogen and oxygen atoms in total. The van der Waals surface area contributed by atoms with Gasteiger partial charge in [0.15, 0.2) is 0 Å². The van der Waals surface area contributed by atoms with Crippen molar-refractivity contribution in [3.8, 4) is 10.4 Å². The first kappa shape index (κ1) is 14.5. The molecule has 1 amide bonds. The lowest BCUT2D eigenvalue weighted by Gasteiger charge is -2.49. The number of nitrogens with zero attached hydrogens (tertiary/aromatic N) is 2. The van der Waals surface area contributed by atoms with E-state index in [-0.39, 0.29) is 11.7 Å². The number of hydrogen-bond acceptors (Lipinski definition) is 4. The molecule has 0 unspecified atom stereocenters. The summed E-state index contributed by atoms with van der Waals surface area (Å²) < 4.78 is 5.96. The molecule has 6 rings (SSSR count). The predicted octanol–water partition coefficient (Wildman–Crippen LogP) is 3.84. The molecule has 0 N–H and O–H groups in total. The SMILES string of the molecule is O=C1O[C@]2(CN3CCC2CC3)CN1c1csc(-c2ccccc2)c1. The molecule has 1 aromatic heterocycles. The fourth-order valence-electron chi connectivity index (χ4n) is 4.43. The van der Waals surface area contributed by atoms with Gasteiger partial charge < -0.3 is 4.74 Å². The van der Waals surface area contributed by atoms with E-state index in [0.717, 1.165) is 38.2 Å². The van der Waals surface area contributed by atoms with Crippen LogP contribution in [0.25, 0.3) is 10.4 Å². The third kappa shape index (κ3) is 2.19. The van der Waals surface area contributed by atoms with Crippen LogP contribution < -0.4 is 4.90 Å². The number of amides is 1. The van der Waals surface area contributed by atoms with Gasteiger partial charge in [-0.2, -0.15) is 0 Å². The molecule has 4 fully saturated rings. The van der Waals surface area contributed by atoms with Crippen molar-refractivity contribution in [3.63, 3.8) is 0 Å². The Morgan fingerprint density at radius 1 is 1.12 bits per heavy atom. The highest BCUT2D eigenvalue weighted by Gasteiger charge is 2.55. The molecule has 0 radical (unpaired) electrons. The Balaban J connectivity index is 1.42. The second-order valence-corrected chi connectivity index (χ2v) is 8.02. The van der Waals surface area contributed by atoms with Gasteiger partial charge in [0.2, 0.25) is 0 Å². The van der Waals surface area contributed by atoms with Gasteiger partial charge in [0.05, 0.1) is 12.2 Å². The van der Waals surface area contributed by atoms with Crippen molar-refractivity contribution in [2.45, 2.75) is 18.4 Å². The van der Waals surface area contributed by atoms with Gasteiger partial charge in [-0.15, -0.1) is 11.3 Å². The fraction of sp³-hybridized carbons (Fsp3) is 0.421. The molecule has 4 saturated heterocycles. The lowest BCUT2D eigenvalue weighted by atomic mass is 9.75. The first-order valence-corrected chi connectivity index (χ1v) is 9.48. The zero-order valence-electron chi connectivity index (χ0n) is 13.5. The zero-order chi connectivity index (χ0) is 16.1. The molecule has 1 atom stereocenters. The number of thiophene rings is 1. The second kappa shape index (κ2) is 5.33. The summed E-state index contributed by atoms with van der Waals surface area (Å²) in [7, 11) is 0. The van der Waals surface area contributed by atoms with E-state index in [1.807, 2.05) is 23.1 Å². The molecule has 124 valence electrons. The van der Waals surface area contributed by atoms with E-state index in [2.05, 4.69) is 28.5 Å². The number of fused-ring (bicyclic) bond motifs is 2. The van der Waals surface area contributed by atoms with Gasteiger partial charge in [-0.3, -0.25) is 9.80 Å². The van der Waals surface area contributed by atoms with Gasteiger partial charge in [-0.25, -0.2) is 4.79 Å². The van der Waals surface area contributed by atoms with E-state index in [4.69, 9.17) is 4.74 Å². The largest absolute Gasteiger partial charge is 0.439 e. The molecule has 5 heteroatoms. The Morgan fingerprint density at radius 3 is 2.62 bits per heavy atom. The lowest BCUT2D eigenvalue weighted by molar-refractivity contribution is -0.0881. The third-order valence-electron chi connectivity index (χ3n) is 5.72. The van der Waals surface area contributed by atoms with Crippen molar-refractivity contribution in [2.75, 3.05) is 31.1 Å². The molecule has 0 aliphatic carbocycles. The van der Waals surface area contributed by atoms with E-state index >= 15 is 0 Å². The molecule has 5 heterocycles. The molecule has 1 spiro atoms. The van der Waals surface area contributed by atoms with Gasteiger partial charge in [-0.05, 0) is 37.6 Å². The number of hydrogen-bond donors (Lipinski definition) is 0. The highest BCUT2D eigenvalue weighted by molar-refractivity contribution is 7.14. The summed E-state index contributed by atoms with van der Waals surface area (Å²) in [6.07, 6.45) is 2.13. The molecule has 0 saturated carbocycles. The van der Waals surface area contributed by atoms with Crippen LogP contribution in [0, 0.1) is 5.92 Å². The summed E-state index contributed by atoms with van der Waals surface area (Å²) in [4.78, 5) is 18.0. The van der Waals surface area contributed by atoms with Crippen LogP contribution in [0.1, 0.15) is 12.8 Å². The maximum atomic E-state index is 12.6. The molecular weight excluding hydrogens is 320 g/mol. The summed E-state index contributed by atoms with van der Waals surface area (Å²) in [5.41, 5.74) is 1.87. The highest BCUT2D eigenvalue weighted by Crippen LogP contribution is 2.44. The quantitative estimate of drug-likeness (QED) is 0.833. The number of rotatable bonds is 2. The van der Waals surface area contributed by atoms with Gasteiger partial charge >= 0.3 is 6.09 Å². The van der Waals surface area contributed by atoms with Crippen LogP contribution in [0.15, 0.2) is 41.8 Å². The van der Waals surface area contributed by atoms with E-state index in [9.17, 15) is 4.79 Å². The fourth-order valence-corrected chi connectivity index (χ4v) is 5.34. The molecule has 1 aromatic carbocycles. The summed E-state index contributed by atoms with van der Waals surface area (Å²) in [5.74, 6) is 0.517. The summed E-state index contributed by atoms with van der Waals surface area (Å²) >= 11 is 1.68. The van der Waals surface area contributed by atoms with Crippen LogP contribution in [0.5, 0.6) is 0 Å². The van der Waals surface area contributed by atoms with Gasteiger partial charge in [0.25, 0.3) is 0 Å². The topological polar surface area (TPSA) is 32.8 Å². The Kier molecular flexibility index (Phi) is 3.22. The van der Waals surface area contributed by atoms with Crippen LogP contribution in [0.2, 0.25) is 0 Å². The molecule has 2 aromatic rings. The minimum atomic E-state index is -0.289. The van der Waals surface area contributed by atoms with Crippen molar-refractivity contribution >= 4 is 23.1 Å². The maximum absolute atomic E-state index is 12.6. The Bertz CT molecular complexity index is 767. The van der Waals surface area contributed by atoms with Crippen LogP contribution in [0.4, 0.5) is 10.5 Å². The van der Waals surface area contributed by atoms with E-state index in [1.54, 1.807) is 11.3 Å². The van der Waals surface area contributed by atoms with Crippen LogP contribution in [-0.4, -0.2) is 42.8 Å². The average Bonchev–Trinajstić information content (AvgIpc) is 3.22. The summed E-state index contributed by atoms with van der Waals surface area (Å²) in [6, 6.07) is 12.4. The first-order chi connectivity index (χ1) is 11.7. The highest BCUT2D eigenvalue weighted by atomic mass is 32.1. The normalized spacial score (nSPS) is 31.7. The molecule has 24 heavy (non-hydrogen) atoms. The van der Waals surface area contributed by atoms with Crippen molar-refractivity contribution in [1.29, 1.82) is 0 Å². The molecule has 2 bridgehead atoms. The monoisotopic (exact) mass is 340 g/mol. The number of anilines is 1. The molecule has 4 aliphatic heterocycles. The Hall–Kier alpha value is -1.85.